The van der Waals surface area contributed by atoms with Crippen LogP contribution < -0.4 is 10.5 Å². The summed E-state index contributed by atoms with van der Waals surface area (Å²) >= 11 is 0. The van der Waals surface area contributed by atoms with Crippen LogP contribution in [-0.4, -0.2) is 8.42 Å². The summed E-state index contributed by atoms with van der Waals surface area (Å²) in [5.41, 5.74) is 7.72. The maximum Gasteiger partial charge on any atom is 0.262 e. The predicted molar refractivity (Wildman–Crippen MR) is 81.0 cm³/mol. The van der Waals surface area contributed by atoms with Gasteiger partial charge in [0.1, 0.15) is 5.82 Å². The van der Waals surface area contributed by atoms with Gasteiger partial charge in [-0.1, -0.05) is 12.1 Å². The fourth-order valence-electron chi connectivity index (χ4n) is 2.03. The maximum absolute atomic E-state index is 13.2. The zero-order chi connectivity index (χ0) is 15.6. The van der Waals surface area contributed by atoms with Gasteiger partial charge in [0.25, 0.3) is 10.0 Å². The lowest BCUT2D eigenvalue weighted by molar-refractivity contribution is 0.600. The lowest BCUT2D eigenvalue weighted by atomic mass is 10.2. The van der Waals surface area contributed by atoms with Crippen molar-refractivity contribution in [1.29, 1.82) is 0 Å². The Kier molecular flexibility index (Phi) is 4.29. The van der Waals surface area contributed by atoms with Gasteiger partial charge in [0.15, 0.2) is 0 Å². The first-order valence-electron chi connectivity index (χ1n) is 6.42. The van der Waals surface area contributed by atoms with Crippen LogP contribution in [0.2, 0.25) is 0 Å². The van der Waals surface area contributed by atoms with E-state index in [9.17, 15) is 12.8 Å². The third kappa shape index (κ3) is 3.40. The van der Waals surface area contributed by atoms with Crippen LogP contribution >= 0.6 is 0 Å². The van der Waals surface area contributed by atoms with Gasteiger partial charge in [-0.05, 0) is 54.8 Å². The molecule has 2 aromatic carbocycles. The summed E-state index contributed by atoms with van der Waals surface area (Å²) in [6.45, 7) is 3.59. The number of rotatable bonds is 4. The molecule has 0 saturated carbocycles. The van der Waals surface area contributed by atoms with Crippen LogP contribution in [0.5, 0.6) is 0 Å². The fraction of sp³-hybridized carbons (Fsp3) is 0.200. The van der Waals surface area contributed by atoms with Gasteiger partial charge in [-0.25, -0.2) is 12.8 Å². The molecule has 2 aromatic rings. The van der Waals surface area contributed by atoms with Crippen molar-refractivity contribution in [1.82, 2.24) is 0 Å². The smallest absolute Gasteiger partial charge is 0.262 e. The van der Waals surface area contributed by atoms with Gasteiger partial charge in [0, 0.05) is 6.54 Å². The Bertz CT molecular complexity index is 773. The molecule has 0 amide bonds. The molecule has 21 heavy (non-hydrogen) atoms. The Hall–Kier alpha value is -1.92. The number of hydrogen-bond acceptors (Lipinski definition) is 3. The molecule has 2 rings (SSSR count). The van der Waals surface area contributed by atoms with Crippen molar-refractivity contribution in [2.75, 3.05) is 4.72 Å². The topological polar surface area (TPSA) is 72.2 Å². The number of nitrogens with one attached hydrogen (secondary N) is 1. The van der Waals surface area contributed by atoms with E-state index in [1.54, 1.807) is 19.1 Å². The average molecular weight is 308 g/mol. The molecule has 3 N–H and O–H groups in total. The summed E-state index contributed by atoms with van der Waals surface area (Å²) in [7, 11) is -3.74. The van der Waals surface area contributed by atoms with Crippen LogP contribution in [-0.2, 0) is 16.6 Å². The Labute approximate surface area is 123 Å². The molecule has 0 aliphatic rings. The largest absolute Gasteiger partial charge is 0.326 e. The SMILES string of the molecule is Cc1ccc(C)c(S(=O)(=O)Nc2ccc(F)cc2CN)c1. The van der Waals surface area contributed by atoms with Crippen LogP contribution in [0.4, 0.5) is 10.1 Å². The van der Waals surface area contributed by atoms with Crippen LogP contribution in [0.15, 0.2) is 41.3 Å². The Balaban J connectivity index is 2.45. The van der Waals surface area contributed by atoms with Crippen LogP contribution in [0, 0.1) is 19.7 Å². The number of hydrogen-bond donors (Lipinski definition) is 2. The first kappa shape index (κ1) is 15.5. The number of anilines is 1. The number of nitrogens with two attached hydrogens (primary N) is 1. The van der Waals surface area contributed by atoms with Gasteiger partial charge in [-0.15, -0.1) is 0 Å². The minimum absolute atomic E-state index is 0.0441. The number of sulfonamides is 1. The second-order valence-electron chi connectivity index (χ2n) is 4.88. The molecular formula is C15H17FN2O2S. The molecule has 4 nitrogen and oxygen atoms in total. The summed E-state index contributed by atoms with van der Waals surface area (Å²) in [4.78, 5) is 0.204. The molecule has 6 heteroatoms. The van der Waals surface area contributed by atoms with Crippen LogP contribution in [0.1, 0.15) is 16.7 Å². The Morgan fingerprint density at radius 1 is 1.14 bits per heavy atom. The zero-order valence-corrected chi connectivity index (χ0v) is 12.7. The molecule has 0 aliphatic heterocycles. The van der Waals surface area contributed by atoms with Gasteiger partial charge in [0.05, 0.1) is 10.6 Å². The number of benzene rings is 2. The average Bonchev–Trinajstić information content (AvgIpc) is 2.43. The third-order valence-corrected chi connectivity index (χ3v) is 4.67. The van der Waals surface area contributed by atoms with Gasteiger partial charge < -0.3 is 5.73 Å². The first-order valence-corrected chi connectivity index (χ1v) is 7.90. The molecular weight excluding hydrogens is 291 g/mol. The fourth-order valence-corrected chi connectivity index (χ4v) is 3.46. The van der Waals surface area contributed by atoms with Crippen LogP contribution in [0.25, 0.3) is 0 Å². The van der Waals surface area contributed by atoms with Gasteiger partial charge in [-0.2, -0.15) is 0 Å². The van der Waals surface area contributed by atoms with E-state index in [0.29, 0.717) is 16.8 Å². The summed E-state index contributed by atoms with van der Waals surface area (Å²) in [6, 6.07) is 8.99. The standard InChI is InChI=1S/C15H17FN2O2S/c1-10-3-4-11(2)15(7-10)21(19,20)18-14-6-5-13(16)8-12(14)9-17/h3-8,18H,9,17H2,1-2H3. The van der Waals surface area contributed by atoms with E-state index < -0.39 is 15.8 Å². The van der Waals surface area contributed by atoms with Gasteiger partial charge in [0.2, 0.25) is 0 Å². The lowest BCUT2D eigenvalue weighted by Gasteiger charge is -2.13. The quantitative estimate of drug-likeness (QED) is 0.912. The van der Waals surface area contributed by atoms with Crippen molar-refractivity contribution >= 4 is 15.7 Å². The summed E-state index contributed by atoms with van der Waals surface area (Å²) < 4.78 is 40.6. The van der Waals surface area contributed by atoms with Crippen molar-refractivity contribution in [3.63, 3.8) is 0 Å². The van der Waals surface area contributed by atoms with E-state index in [2.05, 4.69) is 4.72 Å². The summed E-state index contributed by atoms with van der Waals surface area (Å²) in [5.74, 6) is -0.454. The normalized spacial score (nSPS) is 11.4. The van der Waals surface area contributed by atoms with Crippen molar-refractivity contribution in [3.05, 3.63) is 58.9 Å². The van der Waals surface area contributed by atoms with E-state index in [0.717, 1.165) is 5.56 Å². The number of aryl methyl sites for hydroxylation is 2. The molecule has 0 unspecified atom stereocenters. The summed E-state index contributed by atoms with van der Waals surface area (Å²) in [6.07, 6.45) is 0. The molecule has 112 valence electrons. The van der Waals surface area contributed by atoms with E-state index in [4.69, 9.17) is 5.73 Å². The van der Waals surface area contributed by atoms with Crippen molar-refractivity contribution in [2.45, 2.75) is 25.3 Å². The minimum Gasteiger partial charge on any atom is -0.326 e. The highest BCUT2D eigenvalue weighted by atomic mass is 32.2. The highest BCUT2D eigenvalue weighted by molar-refractivity contribution is 7.92. The molecule has 0 saturated heterocycles. The highest BCUT2D eigenvalue weighted by Crippen LogP contribution is 2.23. The van der Waals surface area contributed by atoms with Crippen molar-refractivity contribution < 1.29 is 12.8 Å². The monoisotopic (exact) mass is 308 g/mol. The molecule has 0 bridgehead atoms. The van der Waals surface area contributed by atoms with E-state index >= 15 is 0 Å². The lowest BCUT2D eigenvalue weighted by Crippen LogP contribution is -2.16. The van der Waals surface area contributed by atoms with Gasteiger partial charge >= 0.3 is 0 Å². The summed E-state index contributed by atoms with van der Waals surface area (Å²) in [5, 5.41) is 0. The molecule has 0 atom stereocenters. The molecule has 0 fully saturated rings. The maximum atomic E-state index is 13.2. The van der Waals surface area contributed by atoms with Crippen LogP contribution in [0.3, 0.4) is 0 Å². The minimum atomic E-state index is -3.74. The molecule has 0 aromatic heterocycles. The van der Waals surface area contributed by atoms with E-state index in [1.165, 1.54) is 18.2 Å². The number of halogens is 1. The van der Waals surface area contributed by atoms with Crippen molar-refractivity contribution in [3.8, 4) is 0 Å². The molecule has 0 spiro atoms. The first-order chi connectivity index (χ1) is 9.83. The third-order valence-electron chi connectivity index (χ3n) is 3.16. The second-order valence-corrected chi connectivity index (χ2v) is 6.53. The van der Waals surface area contributed by atoms with E-state index in [1.807, 2.05) is 13.0 Å². The predicted octanol–water partition coefficient (Wildman–Crippen LogP) is 2.70. The Morgan fingerprint density at radius 3 is 2.52 bits per heavy atom. The van der Waals surface area contributed by atoms with Crippen molar-refractivity contribution in [2.24, 2.45) is 5.73 Å². The zero-order valence-electron chi connectivity index (χ0n) is 11.9. The second kappa shape index (κ2) is 5.83. The molecule has 0 heterocycles. The molecule has 0 radical (unpaired) electrons. The Morgan fingerprint density at radius 2 is 1.86 bits per heavy atom. The van der Waals surface area contributed by atoms with Gasteiger partial charge in [-0.3, -0.25) is 4.72 Å². The molecule has 0 aliphatic carbocycles. The van der Waals surface area contributed by atoms with E-state index in [-0.39, 0.29) is 11.4 Å². The highest BCUT2D eigenvalue weighted by Gasteiger charge is 2.18.